The van der Waals surface area contributed by atoms with Crippen molar-refractivity contribution in [1.29, 1.82) is 0 Å². The highest BCUT2D eigenvalue weighted by Crippen LogP contribution is 2.15. The number of carbonyl (C=O) groups is 2. The molecule has 0 aromatic carbocycles. The Morgan fingerprint density at radius 3 is 2.71 bits per heavy atom. The molecule has 0 bridgehead atoms. The zero-order chi connectivity index (χ0) is 12.8. The number of nitrogens with zero attached hydrogens (tertiary/aromatic N) is 2. The second-order valence-electron chi connectivity index (χ2n) is 5.08. The number of amides is 2. The van der Waals surface area contributed by atoms with E-state index in [2.05, 4.69) is 13.8 Å². The lowest BCUT2D eigenvalue weighted by molar-refractivity contribution is -0.152. The molecule has 0 radical (unpaired) electrons. The van der Waals surface area contributed by atoms with Crippen molar-refractivity contribution in [2.45, 2.75) is 39.5 Å². The number of rotatable bonds is 3. The fourth-order valence-corrected chi connectivity index (χ4v) is 2.17. The van der Waals surface area contributed by atoms with Gasteiger partial charge in [0.05, 0.1) is 0 Å². The van der Waals surface area contributed by atoms with Crippen LogP contribution in [0.3, 0.4) is 0 Å². The Kier molecular flexibility index (Phi) is 5.45. The van der Waals surface area contributed by atoms with Crippen LogP contribution in [0.15, 0.2) is 0 Å². The first-order valence-corrected chi connectivity index (χ1v) is 6.60. The van der Waals surface area contributed by atoms with E-state index in [0.717, 1.165) is 38.8 Å². The second-order valence-corrected chi connectivity index (χ2v) is 5.08. The van der Waals surface area contributed by atoms with Crippen LogP contribution in [0.2, 0.25) is 0 Å². The molecule has 1 fully saturated rings. The van der Waals surface area contributed by atoms with Gasteiger partial charge in [0.15, 0.2) is 0 Å². The molecule has 4 nitrogen and oxygen atoms in total. The highest BCUT2D eigenvalue weighted by molar-refractivity contribution is 6.34. The maximum absolute atomic E-state index is 12.0. The van der Waals surface area contributed by atoms with Gasteiger partial charge >= 0.3 is 11.8 Å². The maximum Gasteiger partial charge on any atom is 0.312 e. The Morgan fingerprint density at radius 1 is 1.41 bits per heavy atom. The van der Waals surface area contributed by atoms with Crippen LogP contribution in [0, 0.1) is 5.92 Å². The molecule has 4 heteroatoms. The Hall–Kier alpha value is -1.06. The smallest absolute Gasteiger partial charge is 0.312 e. The van der Waals surface area contributed by atoms with Crippen LogP contribution in [-0.4, -0.2) is 48.3 Å². The largest absolute Gasteiger partial charge is 0.338 e. The first-order valence-electron chi connectivity index (χ1n) is 6.60. The first-order chi connectivity index (χ1) is 8.06. The van der Waals surface area contributed by atoms with E-state index in [-0.39, 0.29) is 11.8 Å². The lowest BCUT2D eigenvalue weighted by Gasteiger charge is -2.31. The van der Waals surface area contributed by atoms with Crippen molar-refractivity contribution in [3.8, 4) is 0 Å². The average molecular weight is 240 g/mol. The SMILES string of the molecule is CCCCN(C)C(=O)C(=O)N1CCCC(C)C1. The van der Waals surface area contributed by atoms with Gasteiger partial charge in [-0.1, -0.05) is 20.3 Å². The van der Waals surface area contributed by atoms with Crippen molar-refractivity contribution in [3.05, 3.63) is 0 Å². The van der Waals surface area contributed by atoms with E-state index in [1.807, 2.05) is 0 Å². The van der Waals surface area contributed by atoms with Crippen LogP contribution in [0.1, 0.15) is 39.5 Å². The number of unbranched alkanes of at least 4 members (excludes halogenated alkanes) is 1. The summed E-state index contributed by atoms with van der Waals surface area (Å²) in [5.74, 6) is -0.163. The van der Waals surface area contributed by atoms with Gasteiger partial charge in [-0.15, -0.1) is 0 Å². The number of piperidine rings is 1. The van der Waals surface area contributed by atoms with Gasteiger partial charge in [0.2, 0.25) is 0 Å². The predicted octanol–water partition coefficient (Wildman–Crippen LogP) is 1.50. The molecule has 0 aliphatic carbocycles. The lowest BCUT2D eigenvalue weighted by Crippen LogP contribution is -2.47. The van der Waals surface area contributed by atoms with Gasteiger partial charge < -0.3 is 9.80 Å². The first kappa shape index (κ1) is 14.0. The maximum atomic E-state index is 12.0. The van der Waals surface area contributed by atoms with Crippen LogP contribution < -0.4 is 0 Å². The standard InChI is InChI=1S/C13H24N2O2/c1-4-5-8-14(3)12(16)13(17)15-9-6-7-11(2)10-15/h11H,4-10H2,1-3H3. The fourth-order valence-electron chi connectivity index (χ4n) is 2.17. The summed E-state index contributed by atoms with van der Waals surface area (Å²) in [6.45, 7) is 6.34. The van der Waals surface area contributed by atoms with Gasteiger partial charge in [0, 0.05) is 26.7 Å². The Morgan fingerprint density at radius 2 is 2.12 bits per heavy atom. The van der Waals surface area contributed by atoms with Crippen LogP contribution in [0.4, 0.5) is 0 Å². The van der Waals surface area contributed by atoms with E-state index < -0.39 is 0 Å². The average Bonchev–Trinajstić information content (AvgIpc) is 2.34. The van der Waals surface area contributed by atoms with Crippen molar-refractivity contribution in [1.82, 2.24) is 9.80 Å². The van der Waals surface area contributed by atoms with Crippen LogP contribution >= 0.6 is 0 Å². The highest BCUT2D eigenvalue weighted by Gasteiger charge is 2.27. The summed E-state index contributed by atoms with van der Waals surface area (Å²) in [7, 11) is 1.71. The topological polar surface area (TPSA) is 40.6 Å². The summed E-state index contributed by atoms with van der Waals surface area (Å²) in [5, 5.41) is 0. The van der Waals surface area contributed by atoms with E-state index in [9.17, 15) is 9.59 Å². The minimum absolute atomic E-state index is 0.324. The van der Waals surface area contributed by atoms with Gasteiger partial charge in [0.1, 0.15) is 0 Å². The fraction of sp³-hybridized carbons (Fsp3) is 0.846. The number of likely N-dealkylation sites (tertiary alicyclic amines) is 1. The van der Waals surface area contributed by atoms with Crippen molar-refractivity contribution < 1.29 is 9.59 Å². The Balaban J connectivity index is 2.47. The van der Waals surface area contributed by atoms with Gasteiger partial charge in [-0.25, -0.2) is 0 Å². The molecule has 1 unspecified atom stereocenters. The molecule has 0 saturated carbocycles. The van der Waals surface area contributed by atoms with Crippen LogP contribution in [0.25, 0.3) is 0 Å². The zero-order valence-corrected chi connectivity index (χ0v) is 11.2. The van der Waals surface area contributed by atoms with Gasteiger partial charge in [-0.2, -0.15) is 0 Å². The second kappa shape index (κ2) is 6.62. The summed E-state index contributed by atoms with van der Waals surface area (Å²) in [4.78, 5) is 27.1. The third-order valence-electron chi connectivity index (χ3n) is 3.32. The molecule has 1 atom stereocenters. The zero-order valence-electron chi connectivity index (χ0n) is 11.2. The minimum Gasteiger partial charge on any atom is -0.338 e. The Bertz CT molecular complexity index is 279. The predicted molar refractivity (Wildman–Crippen MR) is 67.5 cm³/mol. The molecule has 2 amide bonds. The van der Waals surface area contributed by atoms with E-state index in [1.165, 1.54) is 0 Å². The van der Waals surface area contributed by atoms with Crippen molar-refractivity contribution in [2.75, 3.05) is 26.7 Å². The molecule has 0 spiro atoms. The molecule has 17 heavy (non-hydrogen) atoms. The molecule has 0 N–H and O–H groups in total. The summed E-state index contributed by atoms with van der Waals surface area (Å²) < 4.78 is 0. The quantitative estimate of drug-likeness (QED) is 0.701. The van der Waals surface area contributed by atoms with Crippen LogP contribution in [-0.2, 0) is 9.59 Å². The van der Waals surface area contributed by atoms with Gasteiger partial charge in [0.25, 0.3) is 0 Å². The molecule has 1 aliphatic rings. The Labute approximate surface area is 104 Å². The van der Waals surface area contributed by atoms with Crippen molar-refractivity contribution in [2.24, 2.45) is 5.92 Å². The normalized spacial score (nSPS) is 20.2. The van der Waals surface area contributed by atoms with Crippen LogP contribution in [0.5, 0.6) is 0 Å². The molecule has 1 heterocycles. The van der Waals surface area contributed by atoms with E-state index >= 15 is 0 Å². The molecule has 98 valence electrons. The molecule has 1 aliphatic heterocycles. The minimum atomic E-state index is -0.354. The van der Waals surface area contributed by atoms with Gasteiger partial charge in [-0.3, -0.25) is 9.59 Å². The lowest BCUT2D eigenvalue weighted by atomic mass is 10.0. The molecule has 1 rings (SSSR count). The van der Waals surface area contributed by atoms with Crippen molar-refractivity contribution in [3.63, 3.8) is 0 Å². The summed E-state index contributed by atoms with van der Waals surface area (Å²) in [6, 6.07) is 0. The number of hydrogen-bond acceptors (Lipinski definition) is 2. The number of carbonyl (C=O) groups excluding carboxylic acids is 2. The molecule has 0 aromatic heterocycles. The summed E-state index contributed by atoms with van der Waals surface area (Å²) >= 11 is 0. The summed E-state index contributed by atoms with van der Waals surface area (Å²) in [5.41, 5.74) is 0. The molecule has 0 aromatic rings. The van der Waals surface area contributed by atoms with E-state index in [1.54, 1.807) is 16.8 Å². The van der Waals surface area contributed by atoms with Crippen molar-refractivity contribution >= 4 is 11.8 Å². The third-order valence-corrected chi connectivity index (χ3v) is 3.32. The monoisotopic (exact) mass is 240 g/mol. The van der Waals surface area contributed by atoms with E-state index in [0.29, 0.717) is 12.5 Å². The highest BCUT2D eigenvalue weighted by atomic mass is 16.2. The number of hydrogen-bond donors (Lipinski definition) is 0. The number of likely N-dealkylation sites (N-methyl/N-ethyl adjacent to an activating group) is 1. The van der Waals surface area contributed by atoms with Gasteiger partial charge in [-0.05, 0) is 25.2 Å². The van der Waals surface area contributed by atoms with E-state index in [4.69, 9.17) is 0 Å². The third kappa shape index (κ3) is 4.02. The summed E-state index contributed by atoms with van der Waals surface area (Å²) in [6.07, 6.45) is 4.15. The molecular weight excluding hydrogens is 216 g/mol. The molecular formula is C13H24N2O2. The molecule has 1 saturated heterocycles.